The van der Waals surface area contributed by atoms with Crippen LogP contribution < -0.4 is 5.32 Å². The second kappa shape index (κ2) is 5.55. The molecule has 1 aliphatic rings. The molecule has 1 fully saturated rings. The van der Waals surface area contributed by atoms with Gasteiger partial charge < -0.3 is 5.32 Å². The van der Waals surface area contributed by atoms with E-state index >= 15 is 0 Å². The Morgan fingerprint density at radius 3 is 3.19 bits per heavy atom. The summed E-state index contributed by atoms with van der Waals surface area (Å²) < 4.78 is 12.1. The summed E-state index contributed by atoms with van der Waals surface area (Å²) in [5, 5.41) is 4.08. The summed E-state index contributed by atoms with van der Waals surface area (Å²) in [5.41, 5.74) is 1.13. The number of nitrogens with one attached hydrogen (secondary N) is 1. The van der Waals surface area contributed by atoms with E-state index in [2.05, 4.69) is 10.3 Å². The molecule has 16 heavy (non-hydrogen) atoms. The maximum atomic E-state index is 12.1. The van der Waals surface area contributed by atoms with Crippen LogP contribution >= 0.6 is 0 Å². The molecular weight excluding hydrogens is 220 g/mol. The number of rotatable bonds is 3. The van der Waals surface area contributed by atoms with Gasteiger partial charge in [-0.25, -0.2) is 4.98 Å². The first-order chi connectivity index (χ1) is 7.75. The summed E-state index contributed by atoms with van der Waals surface area (Å²) >= 11 is 0. The van der Waals surface area contributed by atoms with Crippen LogP contribution in [0.1, 0.15) is 18.4 Å². The molecule has 1 aromatic rings. The van der Waals surface area contributed by atoms with Crippen molar-refractivity contribution in [3.63, 3.8) is 0 Å². The first-order valence-electron chi connectivity index (χ1n) is 5.77. The van der Waals surface area contributed by atoms with E-state index in [4.69, 9.17) is 0 Å². The molecule has 2 atom stereocenters. The van der Waals surface area contributed by atoms with E-state index in [1.54, 1.807) is 6.20 Å². The van der Waals surface area contributed by atoms with Crippen LogP contribution in [0.3, 0.4) is 0 Å². The lowest BCUT2D eigenvalue weighted by Crippen LogP contribution is -2.32. The standard InChI is InChI=1S/C12H18N2OS/c1-10-4-6-14-12(7-10)16(15)9-11-3-2-5-13-8-11/h4,6-7,11,13H,2-3,5,8-9H2,1H3. The van der Waals surface area contributed by atoms with Crippen molar-refractivity contribution in [2.75, 3.05) is 18.8 Å². The summed E-state index contributed by atoms with van der Waals surface area (Å²) in [6.07, 6.45) is 4.12. The molecule has 0 amide bonds. The maximum Gasteiger partial charge on any atom is 0.127 e. The summed E-state index contributed by atoms with van der Waals surface area (Å²) in [7, 11) is -0.942. The Morgan fingerprint density at radius 1 is 1.62 bits per heavy atom. The predicted octanol–water partition coefficient (Wildman–Crippen LogP) is 1.50. The molecule has 3 nitrogen and oxygen atoms in total. The topological polar surface area (TPSA) is 42.0 Å². The molecule has 0 aromatic carbocycles. The Kier molecular flexibility index (Phi) is 4.07. The molecule has 4 heteroatoms. The van der Waals surface area contributed by atoms with E-state index in [0.29, 0.717) is 5.92 Å². The molecule has 0 spiro atoms. The van der Waals surface area contributed by atoms with Crippen molar-refractivity contribution in [3.8, 4) is 0 Å². The van der Waals surface area contributed by atoms with Crippen molar-refractivity contribution in [2.24, 2.45) is 5.92 Å². The average Bonchev–Trinajstić information content (AvgIpc) is 2.30. The van der Waals surface area contributed by atoms with Crippen LogP contribution in [-0.4, -0.2) is 28.0 Å². The molecule has 88 valence electrons. The third kappa shape index (κ3) is 3.12. The Bertz CT molecular complexity index is 375. The van der Waals surface area contributed by atoms with Gasteiger partial charge in [0.15, 0.2) is 0 Å². The van der Waals surface area contributed by atoms with Crippen LogP contribution in [0.4, 0.5) is 0 Å². The molecule has 2 rings (SSSR count). The van der Waals surface area contributed by atoms with Crippen LogP contribution in [-0.2, 0) is 10.8 Å². The third-order valence-electron chi connectivity index (χ3n) is 2.91. The molecule has 1 aromatic heterocycles. The second-order valence-electron chi connectivity index (χ2n) is 4.40. The van der Waals surface area contributed by atoms with Gasteiger partial charge in [-0.2, -0.15) is 0 Å². The minimum absolute atomic E-state index is 0.539. The van der Waals surface area contributed by atoms with Crippen LogP contribution in [0.15, 0.2) is 23.4 Å². The van der Waals surface area contributed by atoms with E-state index in [9.17, 15) is 4.21 Å². The lowest BCUT2D eigenvalue weighted by atomic mass is 10.0. The normalized spacial score (nSPS) is 22.9. The summed E-state index contributed by atoms with van der Waals surface area (Å²) in [6.45, 7) is 4.11. The lowest BCUT2D eigenvalue weighted by Gasteiger charge is -2.21. The molecule has 2 heterocycles. The van der Waals surface area contributed by atoms with E-state index < -0.39 is 10.8 Å². The predicted molar refractivity (Wildman–Crippen MR) is 65.8 cm³/mol. The molecule has 2 unspecified atom stereocenters. The van der Waals surface area contributed by atoms with Gasteiger partial charge in [-0.1, -0.05) is 0 Å². The van der Waals surface area contributed by atoms with Gasteiger partial charge >= 0.3 is 0 Å². The number of aromatic nitrogens is 1. The highest BCUT2D eigenvalue weighted by molar-refractivity contribution is 7.84. The fourth-order valence-corrected chi connectivity index (χ4v) is 3.38. The van der Waals surface area contributed by atoms with E-state index in [-0.39, 0.29) is 0 Å². The number of aryl methyl sites for hydroxylation is 1. The SMILES string of the molecule is Cc1ccnc(S(=O)CC2CCCNC2)c1. The lowest BCUT2D eigenvalue weighted by molar-refractivity contribution is 0.408. The van der Waals surface area contributed by atoms with Crippen molar-refractivity contribution < 1.29 is 4.21 Å². The van der Waals surface area contributed by atoms with Crippen LogP contribution in [0.25, 0.3) is 0 Å². The van der Waals surface area contributed by atoms with Crippen molar-refractivity contribution in [3.05, 3.63) is 23.9 Å². The first-order valence-corrected chi connectivity index (χ1v) is 7.09. The minimum atomic E-state index is -0.942. The highest BCUT2D eigenvalue weighted by atomic mass is 32.2. The highest BCUT2D eigenvalue weighted by Gasteiger charge is 2.17. The third-order valence-corrected chi connectivity index (χ3v) is 4.37. The second-order valence-corrected chi connectivity index (χ2v) is 5.84. The molecule has 0 bridgehead atoms. The van der Waals surface area contributed by atoms with Gasteiger partial charge in [0.2, 0.25) is 0 Å². The van der Waals surface area contributed by atoms with Gasteiger partial charge in [0.05, 0.1) is 10.8 Å². The summed E-state index contributed by atoms with van der Waals surface area (Å²) in [5.74, 6) is 1.28. The quantitative estimate of drug-likeness (QED) is 0.867. The highest BCUT2D eigenvalue weighted by Crippen LogP contribution is 2.14. The zero-order valence-corrected chi connectivity index (χ0v) is 10.4. The van der Waals surface area contributed by atoms with Gasteiger partial charge in [0.1, 0.15) is 5.03 Å². The number of nitrogens with zero attached hydrogens (tertiary/aromatic N) is 1. The van der Waals surface area contributed by atoms with E-state index in [1.165, 1.54) is 12.8 Å². The Hall–Kier alpha value is -0.740. The van der Waals surface area contributed by atoms with Gasteiger partial charge in [-0.15, -0.1) is 0 Å². The zero-order chi connectivity index (χ0) is 11.4. The Labute approximate surface area is 99.1 Å². The molecular formula is C12H18N2OS. The number of hydrogen-bond donors (Lipinski definition) is 1. The molecule has 1 N–H and O–H groups in total. The van der Waals surface area contributed by atoms with Gasteiger partial charge in [-0.3, -0.25) is 4.21 Å². The molecule has 1 saturated heterocycles. The molecule has 0 saturated carbocycles. The fourth-order valence-electron chi connectivity index (χ4n) is 2.00. The summed E-state index contributed by atoms with van der Waals surface area (Å²) in [4.78, 5) is 4.18. The Morgan fingerprint density at radius 2 is 2.50 bits per heavy atom. The van der Waals surface area contributed by atoms with Gasteiger partial charge in [0.25, 0.3) is 0 Å². The zero-order valence-electron chi connectivity index (χ0n) is 9.61. The largest absolute Gasteiger partial charge is 0.316 e. The minimum Gasteiger partial charge on any atom is -0.316 e. The fraction of sp³-hybridized carbons (Fsp3) is 0.583. The van der Waals surface area contributed by atoms with Gasteiger partial charge in [0, 0.05) is 11.9 Å². The van der Waals surface area contributed by atoms with Crippen molar-refractivity contribution >= 4 is 10.8 Å². The van der Waals surface area contributed by atoms with Crippen molar-refractivity contribution in [2.45, 2.75) is 24.8 Å². The Balaban J connectivity index is 1.97. The first kappa shape index (κ1) is 11.7. The van der Waals surface area contributed by atoms with Crippen LogP contribution in [0.5, 0.6) is 0 Å². The van der Waals surface area contributed by atoms with E-state index in [1.807, 2.05) is 19.1 Å². The average molecular weight is 238 g/mol. The molecule has 1 aliphatic heterocycles. The van der Waals surface area contributed by atoms with E-state index in [0.717, 1.165) is 29.4 Å². The molecule has 0 aliphatic carbocycles. The number of piperidine rings is 1. The summed E-state index contributed by atoms with van der Waals surface area (Å²) in [6, 6.07) is 3.86. The van der Waals surface area contributed by atoms with Crippen LogP contribution in [0.2, 0.25) is 0 Å². The van der Waals surface area contributed by atoms with Crippen molar-refractivity contribution in [1.82, 2.24) is 10.3 Å². The number of hydrogen-bond acceptors (Lipinski definition) is 3. The van der Waals surface area contributed by atoms with Crippen LogP contribution in [0, 0.1) is 12.8 Å². The monoisotopic (exact) mass is 238 g/mol. The van der Waals surface area contributed by atoms with Gasteiger partial charge in [-0.05, 0) is 56.5 Å². The molecule has 0 radical (unpaired) electrons. The smallest absolute Gasteiger partial charge is 0.127 e. The van der Waals surface area contributed by atoms with Crippen molar-refractivity contribution in [1.29, 1.82) is 0 Å². The maximum absolute atomic E-state index is 12.1. The number of pyridine rings is 1.